The average molecular weight is 306 g/mol. The summed E-state index contributed by atoms with van der Waals surface area (Å²) in [6.45, 7) is 8.27. The summed E-state index contributed by atoms with van der Waals surface area (Å²) >= 11 is 0. The minimum atomic E-state index is -0.494. The number of hydrogen-bond acceptors (Lipinski definition) is 5. The molecule has 0 unspecified atom stereocenters. The van der Waals surface area contributed by atoms with Gasteiger partial charge in [0, 0.05) is 12.7 Å². The second-order valence-corrected chi connectivity index (χ2v) is 6.35. The Morgan fingerprint density at radius 3 is 2.45 bits per heavy atom. The number of carbonyl (C=O) groups excluding carboxylic acids is 1. The van der Waals surface area contributed by atoms with Gasteiger partial charge < -0.3 is 24.8 Å². The van der Waals surface area contributed by atoms with Gasteiger partial charge in [-0.1, -0.05) is 6.08 Å². The zero-order chi connectivity index (χ0) is 16.5. The van der Waals surface area contributed by atoms with Crippen LogP contribution in [0.5, 0.6) is 0 Å². The highest BCUT2D eigenvalue weighted by molar-refractivity contribution is 6.55. The quantitative estimate of drug-likeness (QED) is 0.654. The molecule has 3 N–H and O–H groups in total. The van der Waals surface area contributed by atoms with Gasteiger partial charge in [-0.2, -0.15) is 0 Å². The molecule has 22 heavy (non-hydrogen) atoms. The number of nitrogens with one attached hydrogen (secondary N) is 1. The van der Waals surface area contributed by atoms with Gasteiger partial charge >= 0.3 is 13.1 Å². The SMILES string of the molecule is COC(=O)c1cc(C=C(CN)B2OC(C)(C)C(C)(C)O2)c[nH]1. The van der Waals surface area contributed by atoms with Crippen LogP contribution in [-0.4, -0.2) is 42.9 Å². The second-order valence-electron chi connectivity index (χ2n) is 6.35. The second kappa shape index (κ2) is 5.91. The number of aromatic nitrogens is 1. The van der Waals surface area contributed by atoms with Gasteiger partial charge in [-0.15, -0.1) is 0 Å². The molecule has 0 bridgehead atoms. The smallest absolute Gasteiger partial charge is 0.464 e. The van der Waals surface area contributed by atoms with Gasteiger partial charge in [-0.25, -0.2) is 4.79 Å². The van der Waals surface area contributed by atoms with Gasteiger partial charge in [0.2, 0.25) is 0 Å². The van der Waals surface area contributed by atoms with Gasteiger partial charge in [0.05, 0.1) is 18.3 Å². The molecule has 1 aromatic heterocycles. The molecular formula is C15H23BN2O4. The van der Waals surface area contributed by atoms with Crippen LogP contribution in [0.15, 0.2) is 17.7 Å². The number of H-pyrrole nitrogens is 1. The van der Waals surface area contributed by atoms with Gasteiger partial charge in [-0.3, -0.25) is 0 Å². The Bertz CT molecular complexity index is 576. The third kappa shape index (κ3) is 3.11. The maximum absolute atomic E-state index is 11.5. The lowest BCUT2D eigenvalue weighted by atomic mass is 9.77. The molecule has 0 aliphatic carbocycles. The number of aromatic amines is 1. The highest BCUT2D eigenvalue weighted by Crippen LogP contribution is 2.38. The monoisotopic (exact) mass is 306 g/mol. The maximum Gasteiger partial charge on any atom is 0.491 e. The van der Waals surface area contributed by atoms with Crippen LogP contribution >= 0.6 is 0 Å². The molecule has 0 aromatic carbocycles. The minimum Gasteiger partial charge on any atom is -0.464 e. The lowest BCUT2D eigenvalue weighted by Gasteiger charge is -2.32. The van der Waals surface area contributed by atoms with Crippen molar-refractivity contribution in [1.29, 1.82) is 0 Å². The summed E-state index contributed by atoms with van der Waals surface area (Å²) in [5.74, 6) is -0.412. The summed E-state index contributed by atoms with van der Waals surface area (Å²) in [4.78, 5) is 14.3. The number of ether oxygens (including phenoxy) is 1. The molecule has 0 radical (unpaired) electrons. The first-order valence-corrected chi connectivity index (χ1v) is 7.23. The molecule has 1 aromatic rings. The van der Waals surface area contributed by atoms with Crippen LogP contribution in [-0.2, 0) is 14.0 Å². The molecule has 1 aliphatic heterocycles. The van der Waals surface area contributed by atoms with Crippen LogP contribution < -0.4 is 5.73 Å². The van der Waals surface area contributed by atoms with E-state index in [1.165, 1.54) is 7.11 Å². The van der Waals surface area contributed by atoms with Gasteiger partial charge in [0.15, 0.2) is 0 Å². The van der Waals surface area contributed by atoms with Crippen molar-refractivity contribution in [3.8, 4) is 0 Å². The number of nitrogens with two attached hydrogens (primary N) is 1. The van der Waals surface area contributed by atoms with Gasteiger partial charge in [0.1, 0.15) is 5.69 Å². The molecule has 2 heterocycles. The van der Waals surface area contributed by atoms with Crippen LogP contribution in [0.25, 0.3) is 6.08 Å². The number of esters is 1. The first-order chi connectivity index (χ1) is 10.2. The van der Waals surface area contributed by atoms with Crippen LogP contribution in [0.1, 0.15) is 43.7 Å². The van der Waals surface area contributed by atoms with Crippen LogP contribution in [0, 0.1) is 0 Å². The third-order valence-electron chi connectivity index (χ3n) is 4.25. The topological polar surface area (TPSA) is 86.6 Å². The van der Waals surface area contributed by atoms with Crippen molar-refractivity contribution in [2.24, 2.45) is 5.73 Å². The summed E-state index contributed by atoms with van der Waals surface area (Å²) in [7, 11) is 0.848. The zero-order valence-corrected chi connectivity index (χ0v) is 13.7. The van der Waals surface area contributed by atoms with Crippen molar-refractivity contribution < 1.29 is 18.8 Å². The fourth-order valence-electron chi connectivity index (χ4n) is 2.15. The Labute approximate surface area is 131 Å². The number of hydrogen-bond donors (Lipinski definition) is 2. The summed E-state index contributed by atoms with van der Waals surface area (Å²) in [5, 5.41) is 0. The molecule has 0 amide bonds. The Hall–Kier alpha value is -1.57. The van der Waals surface area contributed by atoms with Crippen molar-refractivity contribution in [1.82, 2.24) is 4.98 Å². The molecule has 0 spiro atoms. The van der Waals surface area contributed by atoms with Crippen molar-refractivity contribution in [2.75, 3.05) is 13.7 Å². The van der Waals surface area contributed by atoms with Gasteiger partial charge in [-0.05, 0) is 44.8 Å². The van der Waals surface area contributed by atoms with E-state index in [-0.39, 0.29) is 0 Å². The summed E-state index contributed by atoms with van der Waals surface area (Å²) in [5.41, 5.74) is 7.03. The maximum atomic E-state index is 11.5. The molecule has 1 aliphatic rings. The van der Waals surface area contributed by atoms with E-state index in [1.54, 1.807) is 12.3 Å². The number of carbonyl (C=O) groups is 1. The first-order valence-electron chi connectivity index (χ1n) is 7.23. The molecule has 120 valence electrons. The molecule has 6 nitrogen and oxygen atoms in total. The predicted molar refractivity (Wildman–Crippen MR) is 85.2 cm³/mol. The van der Waals surface area contributed by atoms with E-state index in [1.807, 2.05) is 33.8 Å². The standard InChI is InChI=1S/C15H23BN2O4/c1-14(2)15(3,4)22-16(21-14)11(8-17)6-10-7-12(18-9-10)13(19)20-5/h6-7,9,18H,8,17H2,1-5H3. The van der Waals surface area contributed by atoms with Crippen molar-refractivity contribution >= 4 is 19.2 Å². The van der Waals surface area contributed by atoms with Crippen LogP contribution in [0.3, 0.4) is 0 Å². The number of methoxy groups -OCH3 is 1. The Kier molecular flexibility index (Phi) is 4.51. The average Bonchev–Trinajstić information content (AvgIpc) is 2.98. The Morgan fingerprint density at radius 2 is 1.95 bits per heavy atom. The molecular weight excluding hydrogens is 283 g/mol. The molecule has 0 saturated carbocycles. The fraction of sp³-hybridized carbons (Fsp3) is 0.533. The lowest BCUT2D eigenvalue weighted by molar-refractivity contribution is 0.00578. The lowest BCUT2D eigenvalue weighted by Crippen LogP contribution is -2.41. The highest BCUT2D eigenvalue weighted by Gasteiger charge is 2.52. The van der Waals surface area contributed by atoms with Gasteiger partial charge in [0.25, 0.3) is 0 Å². The summed E-state index contributed by atoms with van der Waals surface area (Å²) in [6, 6.07) is 1.70. The van der Waals surface area contributed by atoms with E-state index >= 15 is 0 Å². The van der Waals surface area contributed by atoms with Crippen molar-refractivity contribution in [2.45, 2.75) is 38.9 Å². The minimum absolute atomic E-state index is 0.301. The Morgan fingerprint density at radius 1 is 1.36 bits per heavy atom. The summed E-state index contributed by atoms with van der Waals surface area (Å²) < 4.78 is 16.7. The van der Waals surface area contributed by atoms with E-state index in [2.05, 4.69) is 9.72 Å². The highest BCUT2D eigenvalue weighted by atomic mass is 16.7. The van der Waals surface area contributed by atoms with E-state index in [9.17, 15) is 4.79 Å². The molecule has 1 fully saturated rings. The molecule has 0 atom stereocenters. The van der Waals surface area contributed by atoms with E-state index in [0.717, 1.165) is 11.0 Å². The number of rotatable bonds is 4. The largest absolute Gasteiger partial charge is 0.491 e. The predicted octanol–water partition coefficient (Wildman–Crippen LogP) is 1.77. The summed E-state index contributed by atoms with van der Waals surface area (Å²) in [6.07, 6.45) is 3.58. The van der Waals surface area contributed by atoms with Crippen molar-refractivity contribution in [3.05, 3.63) is 29.0 Å². The fourth-order valence-corrected chi connectivity index (χ4v) is 2.15. The van der Waals surface area contributed by atoms with Crippen LogP contribution in [0.4, 0.5) is 0 Å². The normalized spacial score (nSPS) is 20.3. The molecule has 1 saturated heterocycles. The molecule has 2 rings (SSSR count). The van der Waals surface area contributed by atoms with Crippen molar-refractivity contribution in [3.63, 3.8) is 0 Å². The van der Waals surface area contributed by atoms with E-state index in [0.29, 0.717) is 12.2 Å². The van der Waals surface area contributed by atoms with E-state index < -0.39 is 24.3 Å². The molecule has 7 heteroatoms. The third-order valence-corrected chi connectivity index (χ3v) is 4.25. The van der Waals surface area contributed by atoms with E-state index in [4.69, 9.17) is 15.0 Å². The Balaban J connectivity index is 2.22. The zero-order valence-electron chi connectivity index (χ0n) is 13.7. The van der Waals surface area contributed by atoms with Crippen LogP contribution in [0.2, 0.25) is 0 Å². The first kappa shape index (κ1) is 16.8.